The predicted octanol–water partition coefficient (Wildman–Crippen LogP) is -1.15. The van der Waals surface area contributed by atoms with Crippen LogP contribution in [0.1, 0.15) is 105 Å². The van der Waals surface area contributed by atoms with E-state index in [0.717, 1.165) is 0 Å². The van der Waals surface area contributed by atoms with Gasteiger partial charge in [-0.1, -0.05) is 53.4 Å². The molecule has 51 heavy (non-hydrogen) atoms. The molecule has 2 fully saturated rings. The van der Waals surface area contributed by atoms with E-state index in [9.17, 15) is 60.0 Å². The molecule has 9 atom stereocenters. The minimum atomic E-state index is -4.40. The van der Waals surface area contributed by atoms with Crippen molar-refractivity contribution in [2.45, 2.75) is 158 Å². The van der Waals surface area contributed by atoms with Crippen molar-refractivity contribution in [2.75, 3.05) is 19.8 Å². The topological polar surface area (TPSA) is 295 Å². The number of aliphatic hydroxyl groups is 8. The second-order valence-corrected chi connectivity index (χ2v) is 12.5. The molecule has 19 heteroatoms. The van der Waals surface area contributed by atoms with E-state index >= 15 is 0 Å². The Morgan fingerprint density at radius 2 is 1.04 bits per heavy atom. The Balaban J connectivity index is 3.09. The summed E-state index contributed by atoms with van der Waals surface area (Å²) in [5.74, 6) is -25.3. The van der Waals surface area contributed by atoms with Crippen LogP contribution in [0.5, 0.6) is 0 Å². The molecule has 2 aliphatic heterocycles. The quantitative estimate of drug-likeness (QED) is 0.0391. The van der Waals surface area contributed by atoms with Gasteiger partial charge >= 0.3 is 47.2 Å². The third-order valence-electron chi connectivity index (χ3n) is 8.45. The lowest BCUT2D eigenvalue weighted by atomic mass is 9.85. The Hall–Kier alpha value is -2.56. The van der Waals surface area contributed by atoms with Crippen molar-refractivity contribution >= 4 is 23.9 Å². The zero-order chi connectivity index (χ0) is 38.7. The molecule has 0 aromatic carbocycles. The van der Waals surface area contributed by atoms with Crippen LogP contribution in [0.25, 0.3) is 0 Å². The number of ether oxygens (including phenoxy) is 7. The van der Waals surface area contributed by atoms with Gasteiger partial charge in [0.2, 0.25) is 5.79 Å². The first-order valence-electron chi connectivity index (χ1n) is 17.3. The van der Waals surface area contributed by atoms with E-state index in [0.29, 0.717) is 25.7 Å². The van der Waals surface area contributed by atoms with Gasteiger partial charge in [-0.2, -0.15) is 0 Å². The van der Waals surface area contributed by atoms with Crippen LogP contribution in [-0.2, 0) is 52.3 Å². The lowest BCUT2D eigenvalue weighted by molar-refractivity contribution is -0.615. The number of carbonyl (C=O) groups excluding carboxylic acids is 4. The van der Waals surface area contributed by atoms with Gasteiger partial charge in [-0.3, -0.25) is 28.7 Å². The second-order valence-electron chi connectivity index (χ2n) is 12.5. The molecule has 0 aromatic heterocycles. The second kappa shape index (κ2) is 19.0. The molecule has 0 saturated carbocycles. The lowest BCUT2D eigenvalue weighted by Gasteiger charge is -2.59. The van der Waals surface area contributed by atoms with Crippen LogP contribution in [0, 0.1) is 0 Å². The minimum absolute atomic E-state index is 0.0803. The van der Waals surface area contributed by atoms with E-state index in [1.54, 1.807) is 27.7 Å². The highest BCUT2D eigenvalue weighted by Gasteiger charge is 2.89. The maximum Gasteiger partial charge on any atom is 0.409 e. The summed E-state index contributed by atoms with van der Waals surface area (Å²) in [6.45, 7) is 2.72. The molecule has 2 rings (SSSR count). The van der Waals surface area contributed by atoms with Gasteiger partial charge in [0.1, 0.15) is 24.9 Å². The first kappa shape index (κ1) is 44.6. The Kier molecular flexibility index (Phi) is 16.6. The summed E-state index contributed by atoms with van der Waals surface area (Å²) >= 11 is 0. The molecule has 19 nitrogen and oxygen atoms in total. The maximum atomic E-state index is 13.4. The van der Waals surface area contributed by atoms with Crippen molar-refractivity contribution in [1.29, 1.82) is 0 Å². The molecule has 296 valence electrons. The predicted molar refractivity (Wildman–Crippen MR) is 167 cm³/mol. The number of hydrogen-bond acceptors (Lipinski definition) is 19. The van der Waals surface area contributed by atoms with E-state index in [2.05, 4.69) is 0 Å². The molecule has 0 aliphatic carbocycles. The molecule has 2 aliphatic rings. The van der Waals surface area contributed by atoms with Crippen molar-refractivity contribution in [3.05, 3.63) is 0 Å². The van der Waals surface area contributed by atoms with Crippen molar-refractivity contribution in [2.24, 2.45) is 0 Å². The van der Waals surface area contributed by atoms with Gasteiger partial charge in [0.05, 0.1) is 13.2 Å². The molecular weight excluding hydrogens is 688 g/mol. The van der Waals surface area contributed by atoms with Gasteiger partial charge in [-0.25, -0.2) is 0 Å². The van der Waals surface area contributed by atoms with Crippen molar-refractivity contribution in [3.8, 4) is 0 Å². The Morgan fingerprint density at radius 3 is 1.43 bits per heavy atom. The molecule has 0 aromatic rings. The summed E-state index contributed by atoms with van der Waals surface area (Å²) in [5, 5.41) is 89.6. The average Bonchev–Trinajstić information content (AvgIpc) is 3.33. The first-order chi connectivity index (χ1) is 24.0. The van der Waals surface area contributed by atoms with E-state index in [1.165, 1.54) is 0 Å². The van der Waals surface area contributed by atoms with E-state index in [-0.39, 0.29) is 25.7 Å². The molecule has 1 unspecified atom stereocenters. The average molecular weight is 743 g/mol. The standard InChI is InChI=1S/C32H54O19/c1-5-9-13-22(36)47-29(42)21(18-34)46-32(50-25(39)16-12-8-4,51-28(19-35)27(41)26(40)20(17-33)45-28)31(44,49-24(38)15-11-7-3)30(29,43)48-23(37)14-10-6-2/h20-21,26-27,33-35,40-44H,5-19H2,1-4H3/t20-,21-,26-,27+,28?,29+,30-,31+,32+/m1/s1. The third kappa shape index (κ3) is 9.15. The van der Waals surface area contributed by atoms with Gasteiger partial charge < -0.3 is 64.5 Å². The van der Waals surface area contributed by atoms with Gasteiger partial charge in [-0.15, -0.1) is 0 Å². The summed E-state index contributed by atoms with van der Waals surface area (Å²) < 4.78 is 37.9. The van der Waals surface area contributed by atoms with Crippen LogP contribution in [0.15, 0.2) is 0 Å². The molecule has 0 amide bonds. The van der Waals surface area contributed by atoms with E-state index in [4.69, 9.17) is 33.2 Å². The summed E-state index contributed by atoms with van der Waals surface area (Å²) in [4.78, 5) is 53.1. The fourth-order valence-electron chi connectivity index (χ4n) is 5.41. The fraction of sp³-hybridized carbons (Fsp3) is 0.875. The van der Waals surface area contributed by atoms with Crippen LogP contribution >= 0.6 is 0 Å². The molecule has 2 saturated heterocycles. The Bertz CT molecular complexity index is 1170. The van der Waals surface area contributed by atoms with Crippen LogP contribution in [0.3, 0.4) is 0 Å². The van der Waals surface area contributed by atoms with Gasteiger partial charge in [0.15, 0.2) is 6.10 Å². The van der Waals surface area contributed by atoms with Gasteiger partial charge in [-0.05, 0) is 25.7 Å². The Morgan fingerprint density at radius 1 is 0.608 bits per heavy atom. The van der Waals surface area contributed by atoms with Crippen molar-refractivity contribution < 1.29 is 93.2 Å². The maximum absolute atomic E-state index is 13.4. The molecule has 0 bridgehead atoms. The van der Waals surface area contributed by atoms with Crippen LogP contribution in [-0.4, -0.2) is 138 Å². The highest BCUT2D eigenvalue weighted by atomic mass is 17.0. The Labute approximate surface area is 295 Å². The van der Waals surface area contributed by atoms with E-state index < -0.39 is 123 Å². The van der Waals surface area contributed by atoms with Gasteiger partial charge in [0.25, 0.3) is 0 Å². The summed E-state index contributed by atoms with van der Waals surface area (Å²) in [6, 6.07) is 0. The molecular formula is C32H54O19. The first-order valence-corrected chi connectivity index (χ1v) is 17.3. The largest absolute Gasteiger partial charge is 0.423 e. The summed E-state index contributed by atoms with van der Waals surface area (Å²) in [5.41, 5.74) is 0. The van der Waals surface area contributed by atoms with Crippen molar-refractivity contribution in [3.63, 3.8) is 0 Å². The van der Waals surface area contributed by atoms with E-state index in [1.807, 2.05) is 0 Å². The zero-order valence-electron chi connectivity index (χ0n) is 29.5. The highest BCUT2D eigenvalue weighted by molar-refractivity contribution is 5.73. The number of rotatable bonds is 21. The van der Waals surface area contributed by atoms with Crippen LogP contribution < -0.4 is 0 Å². The number of aliphatic hydroxyl groups excluding tert-OH is 5. The number of unbranched alkanes of at least 4 members (excludes halogenated alkanes) is 4. The lowest BCUT2D eigenvalue weighted by Crippen LogP contribution is -2.88. The SMILES string of the molecule is CCCCC(=O)O[C@@]1(OC2(CO)O[C@H](CO)[C@@H](O)[C@@H]2O)O[C@H](CO)[C@](O)(OC(=O)CCCC)[C@@](O)(OC(=O)CCCC)[C@]1(O)OC(=O)CCCC. The fourth-order valence-corrected chi connectivity index (χ4v) is 5.41. The highest BCUT2D eigenvalue weighted by Crippen LogP contribution is 2.55. The molecule has 0 radical (unpaired) electrons. The summed E-state index contributed by atoms with van der Waals surface area (Å²) in [6.07, 6.45) is -8.79. The van der Waals surface area contributed by atoms with Gasteiger partial charge in [0, 0.05) is 25.7 Å². The molecule has 2 heterocycles. The zero-order valence-corrected chi connectivity index (χ0v) is 29.5. The third-order valence-corrected chi connectivity index (χ3v) is 8.45. The smallest absolute Gasteiger partial charge is 0.409 e. The van der Waals surface area contributed by atoms with Crippen LogP contribution in [0.2, 0.25) is 0 Å². The number of hydrogen-bond donors (Lipinski definition) is 8. The summed E-state index contributed by atoms with van der Waals surface area (Å²) in [7, 11) is 0. The molecule has 8 N–H and O–H groups in total. The number of esters is 4. The van der Waals surface area contributed by atoms with Crippen molar-refractivity contribution in [1.82, 2.24) is 0 Å². The molecule has 0 spiro atoms. The number of carbonyl (C=O) groups is 4. The minimum Gasteiger partial charge on any atom is -0.423 e. The normalized spacial score (nSPS) is 34.9. The van der Waals surface area contributed by atoms with Crippen LogP contribution in [0.4, 0.5) is 0 Å². The monoisotopic (exact) mass is 742 g/mol.